The van der Waals surface area contributed by atoms with E-state index in [1.807, 2.05) is 20.8 Å². The lowest BCUT2D eigenvalue weighted by atomic mass is 9.91. The van der Waals surface area contributed by atoms with Crippen LogP contribution in [0.1, 0.15) is 56.6 Å². The molecule has 1 aromatic heterocycles. The number of esters is 1. The molecule has 0 spiro atoms. The maximum absolute atomic E-state index is 12.0. The van der Waals surface area contributed by atoms with Gasteiger partial charge in [0.05, 0.1) is 12.2 Å². The molecule has 0 aliphatic carbocycles. The minimum atomic E-state index is -0.399. The first-order chi connectivity index (χ1) is 9.84. The van der Waals surface area contributed by atoms with Crippen LogP contribution < -0.4 is 0 Å². The molecule has 0 saturated carbocycles. The number of halogens is 1. The van der Waals surface area contributed by atoms with Crippen molar-refractivity contribution in [2.45, 2.75) is 46.0 Å². The molecule has 0 saturated heterocycles. The summed E-state index contributed by atoms with van der Waals surface area (Å²) in [6, 6.07) is 3.25. The second-order valence-corrected chi connectivity index (χ2v) is 6.30. The first kappa shape index (κ1) is 17.9. The summed E-state index contributed by atoms with van der Waals surface area (Å²) in [6.07, 6.45) is 2.10. The van der Waals surface area contributed by atoms with Gasteiger partial charge in [-0.3, -0.25) is 0 Å². The standard InChI is InChI=1S/C16H24ClNO3/c1-5-6-7-20-8-9-21-15(19)12-10-13(16(2,3)4)18-14(17)11-12/h10-11H,5-9H2,1-4H3. The molecule has 118 valence electrons. The third-order valence-corrected chi connectivity index (χ3v) is 3.09. The van der Waals surface area contributed by atoms with E-state index < -0.39 is 5.97 Å². The fourth-order valence-electron chi connectivity index (χ4n) is 1.62. The van der Waals surface area contributed by atoms with Gasteiger partial charge in [0.2, 0.25) is 0 Å². The molecule has 4 nitrogen and oxygen atoms in total. The average molecular weight is 314 g/mol. The monoisotopic (exact) mass is 313 g/mol. The van der Waals surface area contributed by atoms with Crippen molar-refractivity contribution in [2.75, 3.05) is 19.8 Å². The van der Waals surface area contributed by atoms with Gasteiger partial charge in [-0.25, -0.2) is 9.78 Å². The first-order valence-corrected chi connectivity index (χ1v) is 7.65. The van der Waals surface area contributed by atoms with E-state index in [9.17, 15) is 4.79 Å². The Balaban J connectivity index is 2.56. The van der Waals surface area contributed by atoms with E-state index in [0.717, 1.165) is 18.5 Å². The molecular weight excluding hydrogens is 290 g/mol. The number of ether oxygens (including phenoxy) is 2. The molecule has 1 heterocycles. The van der Waals surface area contributed by atoms with Crippen molar-refractivity contribution in [3.8, 4) is 0 Å². The van der Waals surface area contributed by atoms with Crippen molar-refractivity contribution < 1.29 is 14.3 Å². The molecule has 1 aromatic rings. The number of aromatic nitrogens is 1. The molecule has 5 heteroatoms. The van der Waals surface area contributed by atoms with Gasteiger partial charge in [-0.05, 0) is 18.6 Å². The van der Waals surface area contributed by atoms with Gasteiger partial charge in [0, 0.05) is 17.7 Å². The summed E-state index contributed by atoms with van der Waals surface area (Å²) in [5, 5.41) is 0.300. The van der Waals surface area contributed by atoms with E-state index in [1.54, 1.807) is 6.07 Å². The number of hydrogen-bond acceptors (Lipinski definition) is 4. The largest absolute Gasteiger partial charge is 0.460 e. The zero-order valence-corrected chi connectivity index (χ0v) is 14.0. The second-order valence-electron chi connectivity index (χ2n) is 5.92. The van der Waals surface area contributed by atoms with Crippen LogP contribution in [0.5, 0.6) is 0 Å². The fourth-order valence-corrected chi connectivity index (χ4v) is 1.83. The molecule has 0 fully saturated rings. The Morgan fingerprint density at radius 1 is 1.24 bits per heavy atom. The zero-order valence-electron chi connectivity index (χ0n) is 13.2. The minimum Gasteiger partial charge on any atom is -0.460 e. The lowest BCUT2D eigenvalue weighted by Crippen LogP contribution is -2.16. The third-order valence-electron chi connectivity index (χ3n) is 2.90. The fraction of sp³-hybridized carbons (Fsp3) is 0.625. The normalized spacial score (nSPS) is 11.5. The summed E-state index contributed by atoms with van der Waals surface area (Å²) in [5.41, 5.74) is 1.01. The van der Waals surface area contributed by atoms with Crippen LogP contribution in [0.4, 0.5) is 0 Å². The van der Waals surface area contributed by atoms with Gasteiger partial charge in [-0.1, -0.05) is 45.7 Å². The van der Waals surface area contributed by atoms with Crippen LogP contribution in [-0.4, -0.2) is 30.8 Å². The van der Waals surface area contributed by atoms with Gasteiger partial charge >= 0.3 is 5.97 Å². The van der Waals surface area contributed by atoms with Gasteiger partial charge in [0.25, 0.3) is 0 Å². The van der Waals surface area contributed by atoms with Crippen LogP contribution >= 0.6 is 11.6 Å². The van der Waals surface area contributed by atoms with Gasteiger partial charge in [0.1, 0.15) is 11.8 Å². The summed E-state index contributed by atoms with van der Waals surface area (Å²) < 4.78 is 10.5. The molecular formula is C16H24ClNO3. The summed E-state index contributed by atoms with van der Waals surface area (Å²) in [4.78, 5) is 16.3. The first-order valence-electron chi connectivity index (χ1n) is 7.27. The van der Waals surface area contributed by atoms with Gasteiger partial charge < -0.3 is 9.47 Å². The highest BCUT2D eigenvalue weighted by atomic mass is 35.5. The minimum absolute atomic E-state index is 0.177. The third kappa shape index (κ3) is 6.44. The van der Waals surface area contributed by atoms with Crippen molar-refractivity contribution in [2.24, 2.45) is 0 Å². The number of hydrogen-bond donors (Lipinski definition) is 0. The van der Waals surface area contributed by atoms with Crippen LogP contribution in [0, 0.1) is 0 Å². The number of pyridine rings is 1. The Morgan fingerprint density at radius 3 is 2.57 bits per heavy atom. The highest BCUT2D eigenvalue weighted by Crippen LogP contribution is 2.23. The Morgan fingerprint density at radius 2 is 1.95 bits per heavy atom. The smallest absolute Gasteiger partial charge is 0.338 e. The molecule has 1 rings (SSSR count). The second kappa shape index (κ2) is 8.35. The maximum atomic E-state index is 12.0. The van der Waals surface area contributed by atoms with Gasteiger partial charge in [-0.15, -0.1) is 0 Å². The van der Waals surface area contributed by atoms with E-state index in [0.29, 0.717) is 23.9 Å². The predicted molar refractivity (Wildman–Crippen MR) is 84.0 cm³/mol. The quantitative estimate of drug-likeness (QED) is 0.433. The summed E-state index contributed by atoms with van der Waals surface area (Å²) in [6.45, 7) is 9.50. The number of carbonyl (C=O) groups excluding carboxylic acids is 1. The van der Waals surface area contributed by atoms with E-state index in [1.165, 1.54) is 6.07 Å². The van der Waals surface area contributed by atoms with Crippen LogP contribution in [0.15, 0.2) is 12.1 Å². The topological polar surface area (TPSA) is 48.4 Å². The Kier molecular flexibility index (Phi) is 7.12. The average Bonchev–Trinajstić information content (AvgIpc) is 2.40. The number of rotatable bonds is 7. The number of unbranched alkanes of at least 4 members (excludes halogenated alkanes) is 1. The Bertz CT molecular complexity index is 469. The van der Waals surface area contributed by atoms with Gasteiger partial charge in [-0.2, -0.15) is 0 Å². The van der Waals surface area contributed by atoms with Crippen LogP contribution in [0.3, 0.4) is 0 Å². The lowest BCUT2D eigenvalue weighted by molar-refractivity contribution is 0.0313. The Labute approximate surface area is 131 Å². The predicted octanol–water partition coefficient (Wildman–Crippen LogP) is 4.01. The van der Waals surface area contributed by atoms with E-state index >= 15 is 0 Å². The van der Waals surface area contributed by atoms with Crippen molar-refractivity contribution in [1.82, 2.24) is 4.98 Å². The number of nitrogens with zero attached hydrogens (tertiary/aromatic N) is 1. The van der Waals surface area contributed by atoms with Crippen molar-refractivity contribution in [1.29, 1.82) is 0 Å². The van der Waals surface area contributed by atoms with Crippen molar-refractivity contribution in [3.05, 3.63) is 28.5 Å². The molecule has 0 bridgehead atoms. The SMILES string of the molecule is CCCCOCCOC(=O)c1cc(Cl)nc(C(C)(C)C)c1. The van der Waals surface area contributed by atoms with E-state index in [4.69, 9.17) is 21.1 Å². The summed E-state index contributed by atoms with van der Waals surface area (Å²) in [7, 11) is 0. The molecule has 0 amide bonds. The summed E-state index contributed by atoms with van der Waals surface area (Å²) in [5.74, 6) is -0.399. The van der Waals surface area contributed by atoms with Crippen LogP contribution in [-0.2, 0) is 14.9 Å². The van der Waals surface area contributed by atoms with Crippen molar-refractivity contribution >= 4 is 17.6 Å². The maximum Gasteiger partial charge on any atom is 0.338 e. The molecule has 0 aromatic carbocycles. The Hall–Kier alpha value is -1.13. The van der Waals surface area contributed by atoms with E-state index in [2.05, 4.69) is 11.9 Å². The number of carbonyl (C=O) groups is 1. The molecule has 0 aliphatic rings. The highest BCUT2D eigenvalue weighted by Gasteiger charge is 2.19. The highest BCUT2D eigenvalue weighted by molar-refractivity contribution is 6.29. The molecule has 0 radical (unpaired) electrons. The molecule has 21 heavy (non-hydrogen) atoms. The molecule has 0 N–H and O–H groups in total. The van der Waals surface area contributed by atoms with E-state index in [-0.39, 0.29) is 12.0 Å². The zero-order chi connectivity index (χ0) is 15.9. The van der Waals surface area contributed by atoms with Gasteiger partial charge in [0.15, 0.2) is 0 Å². The summed E-state index contributed by atoms with van der Waals surface area (Å²) >= 11 is 5.98. The van der Waals surface area contributed by atoms with Crippen LogP contribution in [0.2, 0.25) is 5.15 Å². The lowest BCUT2D eigenvalue weighted by Gasteiger charge is -2.18. The molecule has 0 unspecified atom stereocenters. The molecule has 0 atom stereocenters. The molecule has 0 aliphatic heterocycles. The van der Waals surface area contributed by atoms with Crippen molar-refractivity contribution in [3.63, 3.8) is 0 Å². The van der Waals surface area contributed by atoms with Crippen LogP contribution in [0.25, 0.3) is 0 Å².